The Kier molecular flexibility index (Phi) is 4.50. The molecular weight excluding hydrogens is 341 g/mol. The van der Waals surface area contributed by atoms with Crippen molar-refractivity contribution < 1.29 is 5.32 Å². The molecular formula is C16H13Cl3N3+. The summed E-state index contributed by atoms with van der Waals surface area (Å²) in [5.74, 6) is 1.32. The Bertz CT molecular complexity index is 706. The second-order valence-corrected chi connectivity index (χ2v) is 7.20. The van der Waals surface area contributed by atoms with Crippen LogP contribution >= 0.6 is 34.8 Å². The lowest BCUT2D eigenvalue weighted by atomic mass is 10.1. The van der Waals surface area contributed by atoms with Crippen molar-refractivity contribution >= 4 is 46.5 Å². The molecule has 0 fully saturated rings. The average molecular weight is 354 g/mol. The number of nitrogens with two attached hydrogens (primary N) is 1. The van der Waals surface area contributed by atoms with E-state index in [2.05, 4.69) is 9.98 Å². The van der Waals surface area contributed by atoms with Crippen molar-refractivity contribution in [3.8, 4) is 0 Å². The molecule has 0 saturated heterocycles. The predicted octanol–water partition coefficient (Wildman–Crippen LogP) is 3.15. The molecule has 0 amide bonds. The number of rotatable bonds is 2. The summed E-state index contributed by atoms with van der Waals surface area (Å²) in [6.45, 7) is 0. The first-order valence-corrected chi connectivity index (χ1v) is 7.86. The first-order chi connectivity index (χ1) is 10.5. The van der Waals surface area contributed by atoms with Gasteiger partial charge < -0.3 is 0 Å². The summed E-state index contributed by atoms with van der Waals surface area (Å²) in [6, 6.07) is 19.5. The van der Waals surface area contributed by atoms with Crippen LogP contribution in [0.5, 0.6) is 0 Å². The van der Waals surface area contributed by atoms with Gasteiger partial charge in [0.2, 0.25) is 12.0 Å². The Hall–Kier alpha value is -1.39. The Labute approximate surface area is 143 Å². The number of hydrogen-bond acceptors (Lipinski definition) is 2. The molecule has 0 spiro atoms. The molecule has 1 aliphatic rings. The van der Waals surface area contributed by atoms with Gasteiger partial charge in [0.25, 0.3) is 3.79 Å². The maximum atomic E-state index is 6.06. The van der Waals surface area contributed by atoms with Gasteiger partial charge >= 0.3 is 0 Å². The zero-order chi connectivity index (χ0) is 15.6. The first kappa shape index (κ1) is 15.5. The van der Waals surface area contributed by atoms with Crippen LogP contribution in [0.4, 0.5) is 0 Å². The highest BCUT2D eigenvalue weighted by Gasteiger charge is 2.40. The Morgan fingerprint density at radius 2 is 1.36 bits per heavy atom. The molecule has 2 aromatic carbocycles. The average Bonchev–Trinajstić information content (AvgIpc) is 2.55. The molecule has 1 heterocycles. The number of hydrogen-bond donors (Lipinski definition) is 1. The fourth-order valence-electron chi connectivity index (χ4n) is 2.16. The predicted molar refractivity (Wildman–Crippen MR) is 92.0 cm³/mol. The summed E-state index contributed by atoms with van der Waals surface area (Å²) in [7, 11) is 0. The third-order valence-corrected chi connectivity index (χ3v) is 3.91. The van der Waals surface area contributed by atoms with Gasteiger partial charge in [0.05, 0.1) is 5.56 Å². The van der Waals surface area contributed by atoms with E-state index < -0.39 is 9.96 Å². The van der Waals surface area contributed by atoms with E-state index in [9.17, 15) is 0 Å². The molecule has 1 unspecified atom stereocenters. The Balaban J connectivity index is 2.05. The van der Waals surface area contributed by atoms with Crippen LogP contribution in [-0.4, -0.2) is 21.6 Å². The summed E-state index contributed by atoms with van der Waals surface area (Å²) >= 11 is 18.2. The Morgan fingerprint density at radius 3 is 1.91 bits per heavy atom. The van der Waals surface area contributed by atoms with Crippen molar-refractivity contribution in [2.75, 3.05) is 0 Å². The molecule has 1 atom stereocenters. The molecule has 2 aromatic rings. The van der Waals surface area contributed by atoms with Gasteiger partial charge in [0.15, 0.2) is 5.84 Å². The summed E-state index contributed by atoms with van der Waals surface area (Å²) in [4.78, 5) is 9.10. The molecule has 22 heavy (non-hydrogen) atoms. The molecule has 3 rings (SSSR count). The highest BCUT2D eigenvalue weighted by molar-refractivity contribution is 6.68. The molecule has 2 N–H and O–H groups in total. The van der Waals surface area contributed by atoms with Gasteiger partial charge in [-0.05, 0) is 12.1 Å². The number of aliphatic imine (C=N–C) groups is 2. The van der Waals surface area contributed by atoms with E-state index in [0.717, 1.165) is 17.0 Å². The maximum absolute atomic E-state index is 6.06. The fourth-order valence-corrected chi connectivity index (χ4v) is 2.50. The fraction of sp³-hybridized carbons (Fsp3) is 0.125. The van der Waals surface area contributed by atoms with Crippen LogP contribution in [0.3, 0.4) is 0 Å². The van der Waals surface area contributed by atoms with Gasteiger partial charge in [0.1, 0.15) is 0 Å². The quantitative estimate of drug-likeness (QED) is 0.806. The highest BCUT2D eigenvalue weighted by atomic mass is 35.6. The van der Waals surface area contributed by atoms with Gasteiger partial charge in [-0.2, -0.15) is 4.99 Å². The van der Waals surface area contributed by atoms with E-state index in [-0.39, 0.29) is 0 Å². The zero-order valence-electron chi connectivity index (χ0n) is 11.5. The molecule has 1 aliphatic heterocycles. The zero-order valence-corrected chi connectivity index (χ0v) is 13.7. The number of alkyl halides is 3. The van der Waals surface area contributed by atoms with E-state index in [1.54, 1.807) is 5.32 Å². The minimum atomic E-state index is -1.52. The van der Waals surface area contributed by atoms with Crippen LogP contribution in [0.25, 0.3) is 0 Å². The van der Waals surface area contributed by atoms with Gasteiger partial charge in [-0.1, -0.05) is 83.3 Å². The van der Waals surface area contributed by atoms with Crippen molar-refractivity contribution in [3.05, 3.63) is 71.8 Å². The van der Waals surface area contributed by atoms with Crippen molar-refractivity contribution in [2.45, 2.75) is 9.96 Å². The van der Waals surface area contributed by atoms with E-state index in [0.29, 0.717) is 5.84 Å². The molecule has 0 radical (unpaired) electrons. The number of nitrogens with zero attached hydrogens (tertiary/aromatic N) is 2. The third-order valence-electron chi connectivity index (χ3n) is 3.24. The lowest BCUT2D eigenvalue weighted by molar-refractivity contribution is -0.578. The van der Waals surface area contributed by atoms with Crippen LogP contribution in [0.15, 0.2) is 70.6 Å². The van der Waals surface area contributed by atoms with Crippen LogP contribution in [-0.2, 0) is 0 Å². The third kappa shape index (κ3) is 3.50. The van der Waals surface area contributed by atoms with Gasteiger partial charge in [-0.15, -0.1) is 0 Å². The van der Waals surface area contributed by atoms with Crippen LogP contribution in [0, 0.1) is 0 Å². The number of quaternary nitrogens is 1. The van der Waals surface area contributed by atoms with Crippen LogP contribution in [0.1, 0.15) is 11.1 Å². The normalized spacial score (nSPS) is 18.6. The van der Waals surface area contributed by atoms with E-state index in [1.165, 1.54) is 0 Å². The summed E-state index contributed by atoms with van der Waals surface area (Å²) in [5.41, 5.74) is 1.85. The smallest absolute Gasteiger partial charge is 0.264 e. The highest BCUT2D eigenvalue weighted by Crippen LogP contribution is 2.30. The number of halogens is 3. The van der Waals surface area contributed by atoms with Crippen LogP contribution in [0.2, 0.25) is 0 Å². The summed E-state index contributed by atoms with van der Waals surface area (Å²) in [5, 5.41) is 1.79. The van der Waals surface area contributed by atoms with Crippen molar-refractivity contribution in [3.63, 3.8) is 0 Å². The summed E-state index contributed by atoms with van der Waals surface area (Å²) in [6.07, 6.45) is -0.583. The Morgan fingerprint density at radius 1 is 0.818 bits per heavy atom. The van der Waals surface area contributed by atoms with E-state index in [4.69, 9.17) is 34.8 Å². The topological polar surface area (TPSA) is 41.3 Å². The standard InChI is InChI=1S/C16H12Cl3N3/c17-16(18,19)15-21-13(11-7-3-1-4-8-11)20-14(22-15)12-9-5-2-6-10-12/h1-10,15H,(H,20,21,22)/p+1. The number of amidine groups is 2. The van der Waals surface area contributed by atoms with Crippen molar-refractivity contribution in [2.24, 2.45) is 9.98 Å². The second kappa shape index (κ2) is 6.39. The van der Waals surface area contributed by atoms with Gasteiger partial charge in [-0.25, -0.2) is 4.99 Å². The number of benzene rings is 2. The lowest BCUT2D eigenvalue weighted by Gasteiger charge is -2.23. The molecule has 0 aliphatic carbocycles. The van der Waals surface area contributed by atoms with E-state index in [1.807, 2.05) is 60.7 Å². The van der Waals surface area contributed by atoms with Crippen molar-refractivity contribution in [1.82, 2.24) is 0 Å². The van der Waals surface area contributed by atoms with Crippen molar-refractivity contribution in [1.29, 1.82) is 0 Å². The molecule has 0 bridgehead atoms. The molecule has 6 heteroatoms. The van der Waals surface area contributed by atoms with Crippen LogP contribution < -0.4 is 5.32 Å². The van der Waals surface area contributed by atoms with E-state index >= 15 is 0 Å². The van der Waals surface area contributed by atoms with Gasteiger partial charge in [-0.3, -0.25) is 5.32 Å². The monoisotopic (exact) mass is 352 g/mol. The molecule has 0 aromatic heterocycles. The first-order valence-electron chi connectivity index (χ1n) is 6.73. The summed E-state index contributed by atoms with van der Waals surface area (Å²) < 4.78 is -1.52. The molecule has 3 nitrogen and oxygen atoms in total. The lowest BCUT2D eigenvalue weighted by Crippen LogP contribution is -2.96. The molecule has 0 saturated carbocycles. The maximum Gasteiger partial charge on any atom is 0.264 e. The second-order valence-electron chi connectivity index (χ2n) is 4.83. The largest absolute Gasteiger partial charge is 0.272 e. The minimum Gasteiger partial charge on any atom is -0.272 e. The van der Waals surface area contributed by atoms with Gasteiger partial charge in [0, 0.05) is 5.56 Å². The molecule has 112 valence electrons. The minimum absolute atomic E-state index is 0.568. The SMILES string of the molecule is ClC(Cl)(Cl)C1N=C(c2ccccc2)N=C(c2ccccc2)[NH2+]1.